The molecule has 1 aromatic carbocycles. The third kappa shape index (κ3) is 3.94. The lowest BCUT2D eigenvalue weighted by Gasteiger charge is -2.35. The number of hydrogen-bond donors (Lipinski definition) is 4. The molecular weight excluding hydrogens is 256 g/mol. The molecule has 1 saturated heterocycles. The molecule has 1 aromatic rings. The van der Waals surface area contributed by atoms with E-state index in [-0.39, 0.29) is 24.2 Å². The van der Waals surface area contributed by atoms with Crippen molar-refractivity contribution in [2.24, 2.45) is 0 Å². The molecule has 0 radical (unpaired) electrons. The summed E-state index contributed by atoms with van der Waals surface area (Å²) in [7, 11) is 0. The first-order valence-corrected chi connectivity index (χ1v) is 6.00. The molecule has 6 nitrogen and oxygen atoms in total. The van der Waals surface area contributed by atoms with E-state index in [9.17, 15) is 4.79 Å². The number of hydrogen-bond acceptors (Lipinski definition) is 5. The Balaban J connectivity index is 1.57. The number of benzene rings is 1. The maximum absolute atomic E-state index is 11.4. The standard InChI is InChI=1S/C11H15ClN4O2/c12-10-11(16-14-10)15-13-9(17)7-18-6-8-4-2-1-3-5-8/h1-5,10-11,14-16H,6-7H2,(H,13,17)/t10-,11?/m1/s1. The first-order chi connectivity index (χ1) is 8.75. The number of amides is 1. The van der Waals surface area contributed by atoms with Crippen molar-refractivity contribution >= 4 is 17.5 Å². The fraction of sp³-hybridized carbons (Fsp3) is 0.364. The van der Waals surface area contributed by atoms with E-state index in [0.29, 0.717) is 6.61 Å². The molecule has 98 valence electrons. The van der Waals surface area contributed by atoms with Crippen molar-refractivity contribution in [2.75, 3.05) is 6.61 Å². The fourth-order valence-corrected chi connectivity index (χ4v) is 1.56. The normalized spacial score (nSPS) is 22.3. The Hall–Kier alpha value is -1.18. The lowest BCUT2D eigenvalue weighted by Crippen LogP contribution is -2.73. The van der Waals surface area contributed by atoms with Gasteiger partial charge in [-0.25, -0.2) is 16.3 Å². The first-order valence-electron chi connectivity index (χ1n) is 5.57. The highest BCUT2D eigenvalue weighted by molar-refractivity contribution is 6.21. The Labute approximate surface area is 110 Å². The van der Waals surface area contributed by atoms with Crippen LogP contribution in [-0.4, -0.2) is 24.2 Å². The second-order valence-corrected chi connectivity index (χ2v) is 4.31. The Morgan fingerprint density at radius 2 is 2.11 bits per heavy atom. The van der Waals surface area contributed by atoms with Crippen molar-refractivity contribution in [3.63, 3.8) is 0 Å². The van der Waals surface area contributed by atoms with Crippen LogP contribution in [0.25, 0.3) is 0 Å². The number of carbonyl (C=O) groups excluding carboxylic acids is 1. The molecule has 1 aliphatic rings. The summed E-state index contributed by atoms with van der Waals surface area (Å²) in [5.41, 5.74) is 11.5. The molecule has 18 heavy (non-hydrogen) atoms. The summed E-state index contributed by atoms with van der Waals surface area (Å²) in [5, 5.41) is 0. The van der Waals surface area contributed by atoms with E-state index in [1.165, 1.54) is 0 Å². The lowest BCUT2D eigenvalue weighted by atomic mass is 10.2. The summed E-state index contributed by atoms with van der Waals surface area (Å²) < 4.78 is 5.27. The Bertz CT molecular complexity index is 390. The molecule has 0 aromatic heterocycles. The van der Waals surface area contributed by atoms with Crippen LogP contribution >= 0.6 is 11.6 Å². The maximum atomic E-state index is 11.4. The van der Waals surface area contributed by atoms with Crippen molar-refractivity contribution in [3.05, 3.63) is 35.9 Å². The zero-order valence-electron chi connectivity index (χ0n) is 9.65. The van der Waals surface area contributed by atoms with Crippen molar-refractivity contribution in [3.8, 4) is 0 Å². The zero-order valence-corrected chi connectivity index (χ0v) is 10.4. The molecule has 7 heteroatoms. The summed E-state index contributed by atoms with van der Waals surface area (Å²) >= 11 is 5.76. The number of halogens is 1. The van der Waals surface area contributed by atoms with Crippen molar-refractivity contribution in [1.29, 1.82) is 0 Å². The molecule has 1 heterocycles. The van der Waals surface area contributed by atoms with Crippen LogP contribution in [0, 0.1) is 0 Å². The molecule has 2 atom stereocenters. The molecule has 0 aliphatic carbocycles. The highest BCUT2D eigenvalue weighted by atomic mass is 35.5. The van der Waals surface area contributed by atoms with Gasteiger partial charge in [-0.2, -0.15) is 0 Å². The van der Waals surface area contributed by atoms with Crippen LogP contribution in [0.4, 0.5) is 0 Å². The van der Waals surface area contributed by atoms with Crippen LogP contribution < -0.4 is 21.7 Å². The molecule has 1 aliphatic heterocycles. The minimum absolute atomic E-state index is 0.00497. The SMILES string of the molecule is O=C(COCc1ccccc1)NNC1NN[C@H]1Cl. The van der Waals surface area contributed by atoms with Crippen LogP contribution in [0.3, 0.4) is 0 Å². The number of ether oxygens (including phenoxy) is 1. The van der Waals surface area contributed by atoms with Crippen LogP contribution in [0.5, 0.6) is 0 Å². The average Bonchev–Trinajstić information content (AvgIpc) is 2.38. The Morgan fingerprint density at radius 1 is 1.33 bits per heavy atom. The van der Waals surface area contributed by atoms with Crippen LogP contribution in [-0.2, 0) is 16.1 Å². The number of nitrogens with one attached hydrogen (secondary N) is 4. The van der Waals surface area contributed by atoms with Crippen molar-refractivity contribution in [2.45, 2.75) is 18.3 Å². The van der Waals surface area contributed by atoms with Gasteiger partial charge in [0.05, 0.1) is 6.61 Å². The first kappa shape index (κ1) is 13.3. The van der Waals surface area contributed by atoms with E-state index in [1.807, 2.05) is 30.3 Å². The second kappa shape index (κ2) is 6.67. The molecule has 1 amide bonds. The topological polar surface area (TPSA) is 74.4 Å². The summed E-state index contributed by atoms with van der Waals surface area (Å²) in [5.74, 6) is -0.247. The Kier molecular flexibility index (Phi) is 4.91. The number of hydrazine groups is 2. The van der Waals surface area contributed by atoms with E-state index in [0.717, 1.165) is 5.56 Å². The van der Waals surface area contributed by atoms with E-state index in [1.54, 1.807) is 0 Å². The van der Waals surface area contributed by atoms with E-state index < -0.39 is 0 Å². The van der Waals surface area contributed by atoms with E-state index in [2.05, 4.69) is 21.7 Å². The molecule has 0 spiro atoms. The van der Waals surface area contributed by atoms with Gasteiger partial charge in [-0.1, -0.05) is 30.3 Å². The number of alkyl halides is 1. The van der Waals surface area contributed by atoms with Gasteiger partial charge in [0.1, 0.15) is 18.3 Å². The average molecular weight is 271 g/mol. The van der Waals surface area contributed by atoms with Crippen LogP contribution in [0.2, 0.25) is 0 Å². The largest absolute Gasteiger partial charge is 0.367 e. The van der Waals surface area contributed by atoms with Crippen LogP contribution in [0.1, 0.15) is 5.56 Å². The van der Waals surface area contributed by atoms with Gasteiger partial charge in [0, 0.05) is 0 Å². The van der Waals surface area contributed by atoms with Crippen LogP contribution in [0.15, 0.2) is 30.3 Å². The zero-order chi connectivity index (χ0) is 12.8. The van der Waals surface area contributed by atoms with Gasteiger partial charge in [-0.05, 0) is 5.56 Å². The summed E-state index contributed by atoms with van der Waals surface area (Å²) in [6.45, 7) is 0.407. The molecule has 1 fully saturated rings. The van der Waals surface area contributed by atoms with Crippen molar-refractivity contribution in [1.82, 2.24) is 21.7 Å². The summed E-state index contributed by atoms with van der Waals surface area (Å²) in [6, 6.07) is 9.67. The highest BCUT2D eigenvalue weighted by Crippen LogP contribution is 2.01. The lowest BCUT2D eigenvalue weighted by molar-refractivity contribution is -0.127. The maximum Gasteiger partial charge on any atom is 0.260 e. The molecule has 1 unspecified atom stereocenters. The van der Waals surface area contributed by atoms with Crippen molar-refractivity contribution < 1.29 is 9.53 Å². The van der Waals surface area contributed by atoms with Gasteiger partial charge in [-0.15, -0.1) is 11.6 Å². The predicted molar refractivity (Wildman–Crippen MR) is 67.1 cm³/mol. The number of rotatable bonds is 6. The second-order valence-electron chi connectivity index (χ2n) is 3.84. The van der Waals surface area contributed by atoms with E-state index >= 15 is 0 Å². The summed E-state index contributed by atoms with van der Waals surface area (Å²) in [4.78, 5) is 11.4. The molecule has 0 bridgehead atoms. The Morgan fingerprint density at radius 3 is 2.72 bits per heavy atom. The third-order valence-corrected chi connectivity index (χ3v) is 2.74. The van der Waals surface area contributed by atoms with E-state index in [4.69, 9.17) is 16.3 Å². The van der Waals surface area contributed by atoms with Gasteiger partial charge in [0.25, 0.3) is 5.91 Å². The van der Waals surface area contributed by atoms with Gasteiger partial charge < -0.3 is 4.74 Å². The fourth-order valence-electron chi connectivity index (χ4n) is 1.37. The number of carbonyl (C=O) groups is 1. The van der Waals surface area contributed by atoms with Gasteiger partial charge in [0.2, 0.25) is 0 Å². The quantitative estimate of drug-likeness (QED) is 0.328. The minimum Gasteiger partial charge on any atom is -0.367 e. The molecule has 2 rings (SSSR count). The highest BCUT2D eigenvalue weighted by Gasteiger charge is 2.27. The van der Waals surface area contributed by atoms with Gasteiger partial charge in [0.15, 0.2) is 0 Å². The van der Waals surface area contributed by atoms with Gasteiger partial charge in [-0.3, -0.25) is 10.2 Å². The monoisotopic (exact) mass is 270 g/mol. The third-order valence-electron chi connectivity index (χ3n) is 2.38. The molecule has 0 saturated carbocycles. The minimum atomic E-state index is -0.247. The summed E-state index contributed by atoms with van der Waals surface area (Å²) in [6.07, 6.45) is -0.176. The predicted octanol–water partition coefficient (Wildman–Crippen LogP) is -0.177. The molecular formula is C11H15ClN4O2. The smallest absolute Gasteiger partial charge is 0.260 e. The molecule has 4 N–H and O–H groups in total. The van der Waals surface area contributed by atoms with Gasteiger partial charge >= 0.3 is 0 Å².